The Labute approximate surface area is 115 Å². The maximum atomic E-state index is 11.9. The van der Waals surface area contributed by atoms with Gasteiger partial charge in [0.15, 0.2) is 0 Å². The summed E-state index contributed by atoms with van der Waals surface area (Å²) < 4.78 is 5.30. The molecule has 4 heteroatoms. The molecular formula is C15H24N2O2. The average Bonchev–Trinajstić information content (AvgIpc) is 2.41. The minimum absolute atomic E-state index is 0.155. The maximum absolute atomic E-state index is 11.9. The summed E-state index contributed by atoms with van der Waals surface area (Å²) in [5, 5.41) is 2.99. The van der Waals surface area contributed by atoms with Crippen molar-refractivity contribution in [1.29, 1.82) is 0 Å². The average molecular weight is 264 g/mol. The molecule has 0 aliphatic heterocycles. The Kier molecular flexibility index (Phi) is 5.83. The van der Waals surface area contributed by atoms with Crippen molar-refractivity contribution in [2.75, 3.05) is 27.7 Å². The van der Waals surface area contributed by atoms with Gasteiger partial charge in [-0.15, -0.1) is 0 Å². The van der Waals surface area contributed by atoms with Crippen LogP contribution in [0.4, 0.5) is 0 Å². The lowest BCUT2D eigenvalue weighted by molar-refractivity contribution is -0.130. The smallest absolute Gasteiger partial charge is 0.223 e. The van der Waals surface area contributed by atoms with E-state index in [0.717, 1.165) is 11.3 Å². The fourth-order valence-electron chi connectivity index (χ4n) is 2.01. The molecule has 19 heavy (non-hydrogen) atoms. The van der Waals surface area contributed by atoms with Crippen LogP contribution in [0, 0.1) is 13.8 Å². The van der Waals surface area contributed by atoms with Crippen LogP contribution < -0.4 is 10.1 Å². The van der Waals surface area contributed by atoms with E-state index in [2.05, 4.69) is 12.2 Å². The summed E-state index contributed by atoms with van der Waals surface area (Å²) >= 11 is 0. The molecule has 106 valence electrons. The number of benzene rings is 1. The third-order valence-electron chi connectivity index (χ3n) is 3.49. The number of amides is 1. The molecule has 0 spiro atoms. The molecule has 4 nitrogen and oxygen atoms in total. The SMILES string of the molecule is CNCCC(=O)N(C)Cc1ccc(OC)c(C)c1C. The van der Waals surface area contributed by atoms with E-state index in [9.17, 15) is 4.79 Å². The third kappa shape index (κ3) is 3.96. The van der Waals surface area contributed by atoms with Gasteiger partial charge in [-0.05, 0) is 43.7 Å². The molecular weight excluding hydrogens is 240 g/mol. The van der Waals surface area contributed by atoms with Crippen LogP contribution in [0.2, 0.25) is 0 Å². The van der Waals surface area contributed by atoms with Crippen LogP contribution >= 0.6 is 0 Å². The number of methoxy groups -OCH3 is 1. The highest BCUT2D eigenvalue weighted by atomic mass is 16.5. The lowest BCUT2D eigenvalue weighted by Crippen LogP contribution is -2.29. The van der Waals surface area contributed by atoms with E-state index in [1.54, 1.807) is 12.0 Å². The molecule has 1 amide bonds. The van der Waals surface area contributed by atoms with Crippen LogP contribution in [0.25, 0.3) is 0 Å². The molecule has 1 N–H and O–H groups in total. The highest BCUT2D eigenvalue weighted by molar-refractivity contribution is 5.76. The molecule has 0 bridgehead atoms. The topological polar surface area (TPSA) is 41.6 Å². The van der Waals surface area contributed by atoms with Crippen LogP contribution in [-0.4, -0.2) is 38.6 Å². The highest BCUT2D eigenvalue weighted by Gasteiger charge is 2.12. The Balaban J connectivity index is 2.77. The number of rotatable bonds is 6. The largest absolute Gasteiger partial charge is 0.496 e. The van der Waals surface area contributed by atoms with Crippen molar-refractivity contribution in [2.45, 2.75) is 26.8 Å². The van der Waals surface area contributed by atoms with E-state index < -0.39 is 0 Å². The molecule has 0 saturated heterocycles. The van der Waals surface area contributed by atoms with Crippen molar-refractivity contribution in [2.24, 2.45) is 0 Å². The standard InChI is InChI=1S/C15H24N2O2/c1-11-12(2)14(19-5)7-6-13(11)10-17(4)15(18)8-9-16-3/h6-7,16H,8-10H2,1-5H3. The van der Waals surface area contributed by atoms with Gasteiger partial charge in [-0.2, -0.15) is 0 Å². The van der Waals surface area contributed by atoms with E-state index in [-0.39, 0.29) is 5.91 Å². The van der Waals surface area contributed by atoms with Crippen LogP contribution in [0.15, 0.2) is 12.1 Å². The molecule has 0 heterocycles. The van der Waals surface area contributed by atoms with Gasteiger partial charge < -0.3 is 15.0 Å². The molecule has 0 aliphatic rings. The lowest BCUT2D eigenvalue weighted by atomic mass is 10.0. The predicted octanol–water partition coefficient (Wildman–Crippen LogP) is 1.88. The first-order chi connectivity index (χ1) is 9.01. The molecule has 1 aromatic carbocycles. The Hall–Kier alpha value is -1.55. The molecule has 0 atom stereocenters. The number of hydrogen-bond acceptors (Lipinski definition) is 3. The summed E-state index contributed by atoms with van der Waals surface area (Å²) in [5.74, 6) is 1.05. The van der Waals surface area contributed by atoms with Crippen LogP contribution in [0.3, 0.4) is 0 Å². The molecule has 0 fully saturated rings. The summed E-state index contributed by atoms with van der Waals surface area (Å²) in [4.78, 5) is 13.7. The van der Waals surface area contributed by atoms with Gasteiger partial charge in [-0.1, -0.05) is 6.07 Å². The Morgan fingerprint density at radius 2 is 2.00 bits per heavy atom. The van der Waals surface area contributed by atoms with Gasteiger partial charge in [0.1, 0.15) is 5.75 Å². The van der Waals surface area contributed by atoms with Gasteiger partial charge >= 0.3 is 0 Å². The van der Waals surface area contributed by atoms with Crippen molar-refractivity contribution >= 4 is 5.91 Å². The Bertz CT molecular complexity index is 444. The van der Waals surface area contributed by atoms with E-state index in [0.29, 0.717) is 19.5 Å². The second-order valence-corrected chi connectivity index (χ2v) is 4.78. The van der Waals surface area contributed by atoms with Gasteiger partial charge in [0.25, 0.3) is 0 Å². The fraction of sp³-hybridized carbons (Fsp3) is 0.533. The van der Waals surface area contributed by atoms with E-state index in [1.165, 1.54) is 11.1 Å². The van der Waals surface area contributed by atoms with Crippen LogP contribution in [-0.2, 0) is 11.3 Å². The zero-order valence-corrected chi connectivity index (χ0v) is 12.5. The van der Waals surface area contributed by atoms with Gasteiger partial charge in [0.05, 0.1) is 7.11 Å². The molecule has 1 rings (SSSR count). The van der Waals surface area contributed by atoms with Crippen molar-refractivity contribution in [3.63, 3.8) is 0 Å². The van der Waals surface area contributed by atoms with Gasteiger partial charge in [0.2, 0.25) is 5.91 Å². The normalized spacial score (nSPS) is 10.4. The van der Waals surface area contributed by atoms with Crippen LogP contribution in [0.1, 0.15) is 23.1 Å². The Morgan fingerprint density at radius 1 is 1.32 bits per heavy atom. The number of ether oxygens (including phenoxy) is 1. The molecule has 0 unspecified atom stereocenters. The maximum Gasteiger partial charge on any atom is 0.223 e. The predicted molar refractivity (Wildman–Crippen MR) is 77.5 cm³/mol. The summed E-state index contributed by atoms with van der Waals surface area (Å²) in [6.07, 6.45) is 0.529. The first-order valence-corrected chi connectivity index (χ1v) is 6.52. The first-order valence-electron chi connectivity index (χ1n) is 6.52. The van der Waals surface area contributed by atoms with Crippen molar-refractivity contribution in [3.05, 3.63) is 28.8 Å². The quantitative estimate of drug-likeness (QED) is 0.853. The molecule has 1 aromatic rings. The van der Waals surface area contributed by atoms with E-state index in [1.807, 2.05) is 33.2 Å². The minimum Gasteiger partial charge on any atom is -0.496 e. The van der Waals surface area contributed by atoms with Crippen molar-refractivity contribution in [3.8, 4) is 5.75 Å². The van der Waals surface area contributed by atoms with E-state index in [4.69, 9.17) is 4.74 Å². The van der Waals surface area contributed by atoms with Crippen molar-refractivity contribution in [1.82, 2.24) is 10.2 Å². The summed E-state index contributed by atoms with van der Waals surface area (Å²) in [7, 11) is 5.37. The highest BCUT2D eigenvalue weighted by Crippen LogP contribution is 2.24. The lowest BCUT2D eigenvalue weighted by Gasteiger charge is -2.20. The van der Waals surface area contributed by atoms with Gasteiger partial charge in [-0.3, -0.25) is 4.79 Å². The zero-order chi connectivity index (χ0) is 14.4. The summed E-state index contributed by atoms with van der Waals surface area (Å²) in [5.41, 5.74) is 3.49. The number of hydrogen-bond donors (Lipinski definition) is 1. The third-order valence-corrected chi connectivity index (χ3v) is 3.49. The summed E-state index contributed by atoms with van der Waals surface area (Å²) in [6, 6.07) is 3.99. The van der Waals surface area contributed by atoms with Gasteiger partial charge in [0, 0.05) is 26.6 Å². The fourth-order valence-corrected chi connectivity index (χ4v) is 2.01. The molecule has 0 aliphatic carbocycles. The van der Waals surface area contributed by atoms with Crippen LogP contribution in [0.5, 0.6) is 5.75 Å². The molecule has 0 radical (unpaired) electrons. The zero-order valence-electron chi connectivity index (χ0n) is 12.5. The number of carbonyl (C=O) groups excluding carboxylic acids is 1. The van der Waals surface area contributed by atoms with Crippen molar-refractivity contribution < 1.29 is 9.53 Å². The molecule has 0 aromatic heterocycles. The number of nitrogens with zero attached hydrogens (tertiary/aromatic N) is 1. The summed E-state index contributed by atoms with van der Waals surface area (Å²) in [6.45, 7) is 5.46. The van der Waals surface area contributed by atoms with Gasteiger partial charge in [-0.25, -0.2) is 0 Å². The number of carbonyl (C=O) groups is 1. The second-order valence-electron chi connectivity index (χ2n) is 4.78. The van der Waals surface area contributed by atoms with E-state index >= 15 is 0 Å². The minimum atomic E-state index is 0.155. The Morgan fingerprint density at radius 3 is 2.58 bits per heavy atom. The monoisotopic (exact) mass is 264 g/mol. The number of nitrogens with one attached hydrogen (secondary N) is 1. The molecule has 0 saturated carbocycles. The second kappa shape index (κ2) is 7.14. The first kappa shape index (κ1) is 15.5.